The molecule has 0 spiro atoms. The number of alkyl halides is 1. The minimum absolute atomic E-state index is 0.166. The largest absolute Gasteiger partial charge is 0.394 e. The molecule has 0 fully saturated rings. The monoisotopic (exact) mass is 337 g/mol. The molecule has 0 aliphatic rings. The molecule has 0 aliphatic carbocycles. The van der Waals surface area contributed by atoms with Crippen LogP contribution in [0.2, 0.25) is 0 Å². The maximum Gasteiger partial charge on any atom is 0.238 e. The van der Waals surface area contributed by atoms with Gasteiger partial charge in [0.2, 0.25) is 5.91 Å². The Bertz CT molecular complexity index is 410. The van der Waals surface area contributed by atoms with Gasteiger partial charge >= 0.3 is 0 Å². The fourth-order valence-electron chi connectivity index (χ4n) is 1.56. The number of benzene rings is 1. The Balaban J connectivity index is 2.92. The van der Waals surface area contributed by atoms with E-state index in [1.807, 2.05) is 0 Å². The second kappa shape index (κ2) is 7.07. The molecule has 0 saturated heterocycles. The summed E-state index contributed by atoms with van der Waals surface area (Å²) in [5, 5.41) is 9.12. The highest BCUT2D eigenvalue weighted by molar-refractivity contribution is 9.10. The van der Waals surface area contributed by atoms with E-state index < -0.39 is 0 Å². The predicted molar refractivity (Wildman–Crippen MR) is 71.9 cm³/mol. The van der Waals surface area contributed by atoms with Gasteiger partial charge in [-0.2, -0.15) is 0 Å². The molecule has 6 heteroatoms. The quantitative estimate of drug-likeness (QED) is 0.838. The number of rotatable bonds is 5. The summed E-state index contributed by atoms with van der Waals surface area (Å²) in [6.45, 7) is 1.75. The molecule has 0 bridgehead atoms. The zero-order valence-electron chi connectivity index (χ0n) is 9.87. The molecular weight excluding hydrogens is 324 g/mol. The molecule has 1 rings (SSSR count). The van der Waals surface area contributed by atoms with Gasteiger partial charge in [-0.1, -0.05) is 15.9 Å². The summed E-state index contributed by atoms with van der Waals surface area (Å²) in [6, 6.07) is 4.05. The van der Waals surface area contributed by atoms with Gasteiger partial charge in [-0.15, -0.1) is 11.6 Å². The number of hydrogen-bond donors (Lipinski definition) is 1. The molecule has 0 aromatic heterocycles. The van der Waals surface area contributed by atoms with Gasteiger partial charge in [-0.05, 0) is 30.7 Å². The standard InChI is InChI=1S/C12H14BrClFNO2/c1-8(7-17)16(12(18)5-14)6-9-2-10(13)4-11(15)3-9/h2-4,8,17H,5-7H2,1H3/t8-/m0/s1. The molecule has 1 amide bonds. The van der Waals surface area contributed by atoms with Gasteiger partial charge in [0.25, 0.3) is 0 Å². The number of carbonyl (C=O) groups is 1. The average molecular weight is 339 g/mol. The molecule has 1 atom stereocenters. The third kappa shape index (κ3) is 4.23. The first-order valence-corrected chi connectivity index (χ1v) is 6.72. The zero-order valence-corrected chi connectivity index (χ0v) is 12.2. The van der Waals surface area contributed by atoms with Crippen LogP contribution in [-0.4, -0.2) is 34.4 Å². The topological polar surface area (TPSA) is 40.5 Å². The molecule has 18 heavy (non-hydrogen) atoms. The molecule has 0 radical (unpaired) electrons. The molecule has 1 N–H and O–H groups in total. The average Bonchev–Trinajstić information content (AvgIpc) is 2.33. The first kappa shape index (κ1) is 15.4. The molecule has 0 aliphatic heterocycles. The number of amides is 1. The lowest BCUT2D eigenvalue weighted by Gasteiger charge is -2.27. The van der Waals surface area contributed by atoms with Gasteiger partial charge in [0, 0.05) is 11.0 Å². The predicted octanol–water partition coefficient (Wildman–Crippen LogP) is 2.54. The number of carbonyl (C=O) groups excluding carboxylic acids is 1. The Morgan fingerprint density at radius 3 is 2.72 bits per heavy atom. The summed E-state index contributed by atoms with van der Waals surface area (Å²) in [7, 11) is 0. The van der Waals surface area contributed by atoms with Crippen LogP contribution in [0.1, 0.15) is 12.5 Å². The Kier molecular flexibility index (Phi) is 6.05. The van der Waals surface area contributed by atoms with Crippen LogP contribution >= 0.6 is 27.5 Å². The highest BCUT2D eigenvalue weighted by atomic mass is 79.9. The fourth-order valence-corrected chi connectivity index (χ4v) is 2.23. The summed E-state index contributed by atoms with van der Waals surface area (Å²) < 4.78 is 13.8. The Hall–Kier alpha value is -0.650. The molecule has 1 aromatic carbocycles. The maximum atomic E-state index is 13.2. The van der Waals surface area contributed by atoms with Gasteiger partial charge in [-0.25, -0.2) is 4.39 Å². The molecule has 100 valence electrons. The summed E-state index contributed by atoms with van der Waals surface area (Å²) in [6.07, 6.45) is 0. The van der Waals surface area contributed by atoms with E-state index in [2.05, 4.69) is 15.9 Å². The van der Waals surface area contributed by atoms with E-state index in [4.69, 9.17) is 16.7 Å². The zero-order chi connectivity index (χ0) is 13.7. The van der Waals surface area contributed by atoms with E-state index in [9.17, 15) is 9.18 Å². The normalized spacial score (nSPS) is 12.3. The second-order valence-corrected chi connectivity index (χ2v) is 5.15. The summed E-state index contributed by atoms with van der Waals surface area (Å²) in [5.74, 6) is -0.839. The smallest absolute Gasteiger partial charge is 0.238 e. The van der Waals surface area contributed by atoms with Gasteiger partial charge in [-0.3, -0.25) is 4.79 Å². The number of halogens is 3. The van der Waals surface area contributed by atoms with E-state index in [1.54, 1.807) is 13.0 Å². The van der Waals surface area contributed by atoms with Crippen molar-refractivity contribution in [2.75, 3.05) is 12.5 Å². The highest BCUT2D eigenvalue weighted by Crippen LogP contribution is 2.17. The minimum atomic E-state index is -0.380. The number of aliphatic hydroxyl groups excluding tert-OH is 1. The fraction of sp³-hybridized carbons (Fsp3) is 0.417. The molecule has 1 aromatic rings. The van der Waals surface area contributed by atoms with Crippen molar-refractivity contribution in [1.29, 1.82) is 0 Å². The first-order chi connectivity index (χ1) is 8.47. The van der Waals surface area contributed by atoms with Crippen molar-refractivity contribution < 1.29 is 14.3 Å². The lowest BCUT2D eigenvalue weighted by atomic mass is 10.2. The van der Waals surface area contributed by atoms with Gasteiger partial charge < -0.3 is 10.0 Å². The summed E-state index contributed by atoms with van der Waals surface area (Å²) >= 11 is 8.71. The maximum absolute atomic E-state index is 13.2. The Labute approximate surface area is 119 Å². The Morgan fingerprint density at radius 1 is 1.56 bits per heavy atom. The van der Waals surface area contributed by atoms with Crippen LogP contribution in [0.15, 0.2) is 22.7 Å². The van der Waals surface area contributed by atoms with Crippen molar-refractivity contribution in [3.05, 3.63) is 34.1 Å². The SMILES string of the molecule is C[C@@H](CO)N(Cc1cc(F)cc(Br)c1)C(=O)CCl. The van der Waals surface area contributed by atoms with Crippen LogP contribution in [0.4, 0.5) is 4.39 Å². The van der Waals surface area contributed by atoms with Crippen molar-refractivity contribution >= 4 is 33.4 Å². The second-order valence-electron chi connectivity index (χ2n) is 3.96. The van der Waals surface area contributed by atoms with Crippen LogP contribution in [0.25, 0.3) is 0 Å². The van der Waals surface area contributed by atoms with Crippen LogP contribution in [0.3, 0.4) is 0 Å². The van der Waals surface area contributed by atoms with Crippen molar-refractivity contribution in [2.24, 2.45) is 0 Å². The van der Waals surface area contributed by atoms with E-state index in [0.717, 1.165) is 0 Å². The van der Waals surface area contributed by atoms with Gasteiger partial charge in [0.1, 0.15) is 11.7 Å². The van der Waals surface area contributed by atoms with Crippen LogP contribution in [0.5, 0.6) is 0 Å². The molecule has 0 heterocycles. The van der Waals surface area contributed by atoms with E-state index in [0.29, 0.717) is 10.0 Å². The minimum Gasteiger partial charge on any atom is -0.394 e. The molecule has 0 saturated carbocycles. The number of aliphatic hydroxyl groups is 1. The van der Waals surface area contributed by atoms with Crippen LogP contribution in [0, 0.1) is 5.82 Å². The molecule has 3 nitrogen and oxygen atoms in total. The highest BCUT2D eigenvalue weighted by Gasteiger charge is 2.19. The molecule has 0 unspecified atom stereocenters. The lowest BCUT2D eigenvalue weighted by Crippen LogP contribution is -2.40. The third-order valence-corrected chi connectivity index (χ3v) is 3.19. The summed E-state index contributed by atoms with van der Waals surface area (Å²) in [5.41, 5.74) is 0.639. The Morgan fingerprint density at radius 2 is 2.22 bits per heavy atom. The molecular formula is C12H14BrClFNO2. The first-order valence-electron chi connectivity index (χ1n) is 5.39. The van der Waals surface area contributed by atoms with Crippen molar-refractivity contribution in [3.8, 4) is 0 Å². The number of hydrogen-bond acceptors (Lipinski definition) is 2. The van der Waals surface area contributed by atoms with E-state index in [1.165, 1.54) is 17.0 Å². The van der Waals surface area contributed by atoms with E-state index in [-0.39, 0.29) is 36.8 Å². The van der Waals surface area contributed by atoms with Crippen LogP contribution < -0.4 is 0 Å². The lowest BCUT2D eigenvalue weighted by molar-refractivity contribution is -0.132. The number of nitrogens with zero attached hydrogens (tertiary/aromatic N) is 1. The van der Waals surface area contributed by atoms with Crippen molar-refractivity contribution in [2.45, 2.75) is 19.5 Å². The van der Waals surface area contributed by atoms with Gasteiger partial charge in [0.05, 0.1) is 12.6 Å². The van der Waals surface area contributed by atoms with Crippen LogP contribution in [-0.2, 0) is 11.3 Å². The van der Waals surface area contributed by atoms with Crippen molar-refractivity contribution in [1.82, 2.24) is 4.90 Å². The van der Waals surface area contributed by atoms with Crippen molar-refractivity contribution in [3.63, 3.8) is 0 Å². The van der Waals surface area contributed by atoms with Gasteiger partial charge in [0.15, 0.2) is 0 Å². The van der Waals surface area contributed by atoms with E-state index >= 15 is 0 Å². The summed E-state index contributed by atoms with van der Waals surface area (Å²) in [4.78, 5) is 13.1. The third-order valence-electron chi connectivity index (χ3n) is 2.51.